The SMILES string of the molecule is CC(O)CCN(C)c1ccc([C@@H](C)N)cc1F. The topological polar surface area (TPSA) is 49.5 Å². The molecule has 0 amide bonds. The number of halogens is 1. The van der Waals surface area contributed by atoms with Crippen LogP contribution in [0.1, 0.15) is 31.9 Å². The summed E-state index contributed by atoms with van der Waals surface area (Å²) in [6.07, 6.45) is 0.245. The number of hydrogen-bond acceptors (Lipinski definition) is 3. The van der Waals surface area contributed by atoms with Crippen molar-refractivity contribution in [3.63, 3.8) is 0 Å². The maximum Gasteiger partial charge on any atom is 0.146 e. The van der Waals surface area contributed by atoms with Gasteiger partial charge in [-0.1, -0.05) is 6.07 Å². The second-order valence-corrected chi connectivity index (χ2v) is 4.56. The molecule has 0 bridgehead atoms. The zero-order chi connectivity index (χ0) is 13.0. The highest BCUT2D eigenvalue weighted by molar-refractivity contribution is 5.48. The Morgan fingerprint density at radius 1 is 1.41 bits per heavy atom. The molecule has 2 atom stereocenters. The van der Waals surface area contributed by atoms with E-state index in [0.717, 1.165) is 5.56 Å². The Bertz CT molecular complexity index is 366. The minimum Gasteiger partial charge on any atom is -0.393 e. The predicted octanol–water partition coefficient (Wildman–Crippen LogP) is 2.05. The Balaban J connectivity index is 2.77. The van der Waals surface area contributed by atoms with E-state index < -0.39 is 0 Å². The number of rotatable bonds is 5. The van der Waals surface area contributed by atoms with Gasteiger partial charge in [0.1, 0.15) is 5.82 Å². The van der Waals surface area contributed by atoms with Crippen molar-refractivity contribution in [1.29, 1.82) is 0 Å². The van der Waals surface area contributed by atoms with E-state index >= 15 is 0 Å². The van der Waals surface area contributed by atoms with E-state index in [2.05, 4.69) is 0 Å². The molecule has 0 aliphatic rings. The number of nitrogens with two attached hydrogens (primary N) is 1. The van der Waals surface area contributed by atoms with E-state index in [0.29, 0.717) is 18.7 Å². The van der Waals surface area contributed by atoms with Crippen molar-refractivity contribution < 1.29 is 9.50 Å². The summed E-state index contributed by atoms with van der Waals surface area (Å²) >= 11 is 0. The van der Waals surface area contributed by atoms with Gasteiger partial charge in [-0.3, -0.25) is 0 Å². The minimum atomic E-state index is -0.371. The first-order chi connectivity index (χ1) is 7.91. The summed E-state index contributed by atoms with van der Waals surface area (Å²) in [5.74, 6) is -0.270. The lowest BCUT2D eigenvalue weighted by Crippen LogP contribution is -2.23. The fraction of sp³-hybridized carbons (Fsp3) is 0.538. The van der Waals surface area contributed by atoms with Crippen LogP contribution in [0, 0.1) is 5.82 Å². The Hall–Kier alpha value is -1.13. The summed E-state index contributed by atoms with van der Waals surface area (Å²) in [5.41, 5.74) is 7.02. The Kier molecular flexibility index (Phi) is 4.90. The first-order valence-corrected chi connectivity index (χ1v) is 5.86. The van der Waals surface area contributed by atoms with E-state index in [1.807, 2.05) is 20.0 Å². The normalized spacial score (nSPS) is 14.5. The van der Waals surface area contributed by atoms with Gasteiger partial charge in [0.2, 0.25) is 0 Å². The van der Waals surface area contributed by atoms with Gasteiger partial charge in [-0.2, -0.15) is 0 Å². The summed E-state index contributed by atoms with van der Waals surface area (Å²) in [4.78, 5) is 1.80. The quantitative estimate of drug-likeness (QED) is 0.828. The number of nitrogens with zero attached hydrogens (tertiary/aromatic N) is 1. The molecular weight excluding hydrogens is 219 g/mol. The lowest BCUT2D eigenvalue weighted by Gasteiger charge is -2.21. The second kappa shape index (κ2) is 5.98. The van der Waals surface area contributed by atoms with Gasteiger partial charge in [0.15, 0.2) is 0 Å². The van der Waals surface area contributed by atoms with Crippen LogP contribution in [-0.4, -0.2) is 24.8 Å². The largest absolute Gasteiger partial charge is 0.393 e. The van der Waals surface area contributed by atoms with Crippen LogP contribution in [0.15, 0.2) is 18.2 Å². The molecule has 1 aromatic rings. The van der Waals surface area contributed by atoms with Crippen molar-refractivity contribution >= 4 is 5.69 Å². The van der Waals surface area contributed by atoms with Crippen molar-refractivity contribution in [3.05, 3.63) is 29.6 Å². The van der Waals surface area contributed by atoms with E-state index in [1.54, 1.807) is 17.9 Å². The Morgan fingerprint density at radius 2 is 2.06 bits per heavy atom. The molecule has 0 fully saturated rings. The molecule has 0 saturated carbocycles. The highest BCUT2D eigenvalue weighted by Gasteiger charge is 2.10. The number of aliphatic hydroxyl groups excluding tert-OH is 1. The van der Waals surface area contributed by atoms with Gasteiger partial charge >= 0.3 is 0 Å². The van der Waals surface area contributed by atoms with Crippen LogP contribution in [0.25, 0.3) is 0 Å². The van der Waals surface area contributed by atoms with Crippen LogP contribution in [0.3, 0.4) is 0 Å². The van der Waals surface area contributed by atoms with Gasteiger partial charge in [-0.05, 0) is 38.0 Å². The van der Waals surface area contributed by atoms with Gasteiger partial charge in [-0.25, -0.2) is 4.39 Å². The van der Waals surface area contributed by atoms with Crippen LogP contribution >= 0.6 is 0 Å². The molecule has 0 saturated heterocycles. The van der Waals surface area contributed by atoms with Crippen LogP contribution in [0.5, 0.6) is 0 Å². The van der Waals surface area contributed by atoms with Gasteiger partial charge in [-0.15, -0.1) is 0 Å². The van der Waals surface area contributed by atoms with Crippen molar-refractivity contribution in [1.82, 2.24) is 0 Å². The number of anilines is 1. The molecule has 0 aliphatic carbocycles. The zero-order valence-corrected chi connectivity index (χ0v) is 10.7. The third-order valence-electron chi connectivity index (χ3n) is 2.79. The summed E-state index contributed by atoms with van der Waals surface area (Å²) in [5, 5.41) is 9.20. The van der Waals surface area contributed by atoms with Crippen LogP contribution in [-0.2, 0) is 0 Å². The molecule has 0 radical (unpaired) electrons. The standard InChI is InChI=1S/C13H21FN2O/c1-9(17)6-7-16(3)13-5-4-11(10(2)15)8-12(13)14/h4-5,8-10,17H,6-7,15H2,1-3H3/t9?,10-/m1/s1. The van der Waals surface area contributed by atoms with E-state index in [9.17, 15) is 9.50 Å². The average Bonchev–Trinajstić information content (AvgIpc) is 2.25. The second-order valence-electron chi connectivity index (χ2n) is 4.56. The monoisotopic (exact) mass is 240 g/mol. The van der Waals surface area contributed by atoms with Gasteiger partial charge in [0.05, 0.1) is 11.8 Å². The molecule has 1 aromatic carbocycles. The van der Waals surface area contributed by atoms with Crippen molar-refractivity contribution in [3.8, 4) is 0 Å². The van der Waals surface area contributed by atoms with Crippen molar-refractivity contribution in [2.24, 2.45) is 5.73 Å². The summed E-state index contributed by atoms with van der Waals surface area (Å²) in [6, 6.07) is 4.87. The summed E-state index contributed by atoms with van der Waals surface area (Å²) in [7, 11) is 1.81. The van der Waals surface area contributed by atoms with Gasteiger partial charge < -0.3 is 15.7 Å². The molecule has 3 N–H and O–H groups in total. The number of aliphatic hydroxyl groups is 1. The number of hydrogen-bond donors (Lipinski definition) is 2. The maximum atomic E-state index is 13.8. The molecule has 1 unspecified atom stereocenters. The van der Waals surface area contributed by atoms with E-state index in [1.165, 1.54) is 6.07 Å². The maximum absolute atomic E-state index is 13.8. The van der Waals surface area contributed by atoms with Crippen LogP contribution in [0.2, 0.25) is 0 Å². The molecule has 3 nitrogen and oxygen atoms in total. The first-order valence-electron chi connectivity index (χ1n) is 5.86. The highest BCUT2D eigenvalue weighted by Crippen LogP contribution is 2.22. The lowest BCUT2D eigenvalue weighted by atomic mass is 10.1. The number of benzene rings is 1. The van der Waals surface area contributed by atoms with Crippen LogP contribution < -0.4 is 10.6 Å². The fourth-order valence-corrected chi connectivity index (χ4v) is 1.62. The Morgan fingerprint density at radius 3 is 2.53 bits per heavy atom. The zero-order valence-electron chi connectivity index (χ0n) is 10.7. The van der Waals surface area contributed by atoms with Crippen molar-refractivity contribution in [2.45, 2.75) is 32.4 Å². The Labute approximate surface area is 102 Å². The molecule has 96 valence electrons. The molecular formula is C13H21FN2O. The molecule has 0 aromatic heterocycles. The first kappa shape index (κ1) is 13.9. The molecule has 4 heteroatoms. The molecule has 1 rings (SSSR count). The molecule has 0 spiro atoms. The summed E-state index contributed by atoms with van der Waals surface area (Å²) in [6.45, 7) is 4.17. The minimum absolute atomic E-state index is 0.165. The molecule has 17 heavy (non-hydrogen) atoms. The lowest BCUT2D eigenvalue weighted by molar-refractivity contribution is 0.187. The highest BCUT2D eigenvalue weighted by atomic mass is 19.1. The van der Waals surface area contributed by atoms with Crippen molar-refractivity contribution in [2.75, 3.05) is 18.5 Å². The molecule has 0 heterocycles. The third-order valence-corrected chi connectivity index (χ3v) is 2.79. The van der Waals surface area contributed by atoms with E-state index in [4.69, 9.17) is 5.73 Å². The molecule has 0 aliphatic heterocycles. The average molecular weight is 240 g/mol. The van der Waals surface area contributed by atoms with Crippen LogP contribution in [0.4, 0.5) is 10.1 Å². The van der Waals surface area contributed by atoms with Gasteiger partial charge in [0, 0.05) is 19.6 Å². The predicted molar refractivity (Wildman–Crippen MR) is 68.6 cm³/mol. The summed E-state index contributed by atoms with van der Waals surface area (Å²) < 4.78 is 13.8. The van der Waals surface area contributed by atoms with E-state index in [-0.39, 0.29) is 18.0 Å². The smallest absolute Gasteiger partial charge is 0.146 e. The fourth-order valence-electron chi connectivity index (χ4n) is 1.62. The third kappa shape index (κ3) is 3.98. The van der Waals surface area contributed by atoms with Gasteiger partial charge in [0.25, 0.3) is 0 Å².